The fourth-order valence-electron chi connectivity index (χ4n) is 2.59. The molecule has 0 spiro atoms. The number of fused-ring (bicyclic) bond motifs is 1. The molecule has 3 rings (SSSR count). The van der Waals surface area contributed by atoms with Crippen molar-refractivity contribution in [1.82, 2.24) is 25.8 Å². The van der Waals surface area contributed by atoms with Crippen LogP contribution in [0.25, 0.3) is 16.7 Å². The number of benzene rings is 2. The summed E-state index contributed by atoms with van der Waals surface area (Å²) in [5, 5.41) is 22.0. The van der Waals surface area contributed by atoms with Crippen LogP contribution >= 0.6 is 11.6 Å². The van der Waals surface area contributed by atoms with Gasteiger partial charge in [-0.3, -0.25) is 15.0 Å². The van der Waals surface area contributed by atoms with Gasteiger partial charge in [0.15, 0.2) is 0 Å². The van der Waals surface area contributed by atoms with Crippen molar-refractivity contribution in [2.75, 3.05) is 11.9 Å². The van der Waals surface area contributed by atoms with Gasteiger partial charge in [0.2, 0.25) is 11.8 Å². The Morgan fingerprint density at radius 2 is 1.90 bits per heavy atom. The third-order valence-electron chi connectivity index (χ3n) is 4.02. The predicted octanol–water partition coefficient (Wildman–Crippen LogP) is 2.53. The summed E-state index contributed by atoms with van der Waals surface area (Å²) in [5.41, 5.74) is 7.14. The number of rotatable bonds is 8. The first-order valence-corrected chi connectivity index (χ1v) is 9.51. The van der Waals surface area contributed by atoms with Crippen LogP contribution in [0.4, 0.5) is 5.69 Å². The third-order valence-corrected chi connectivity index (χ3v) is 4.26. The SMILES string of the molecule is CCCCNNC(=O)CC(=O)Nc1ccc(-n2nc3ccc(Cl)cc3n2)c(O)c1. The van der Waals surface area contributed by atoms with E-state index < -0.39 is 11.8 Å². The van der Waals surface area contributed by atoms with Crippen LogP contribution in [0.1, 0.15) is 26.2 Å². The molecule has 0 unspecified atom stereocenters. The largest absolute Gasteiger partial charge is 0.506 e. The van der Waals surface area contributed by atoms with E-state index in [4.69, 9.17) is 11.6 Å². The van der Waals surface area contributed by atoms with Gasteiger partial charge < -0.3 is 10.4 Å². The maximum atomic E-state index is 12.0. The standard InChI is InChI=1S/C19H21ClN6O3/c1-2-3-8-21-23-19(29)11-18(28)22-13-5-7-16(17(27)10-13)26-24-14-6-4-12(20)9-15(14)25-26/h4-7,9-10,21,27H,2-3,8,11H2,1H3,(H,22,28)(H,23,29). The number of hydrazine groups is 1. The zero-order valence-corrected chi connectivity index (χ0v) is 16.5. The smallest absolute Gasteiger partial charge is 0.243 e. The third kappa shape index (κ3) is 5.43. The number of anilines is 1. The normalized spacial score (nSPS) is 10.8. The van der Waals surface area contributed by atoms with Gasteiger partial charge in [-0.2, -0.15) is 0 Å². The van der Waals surface area contributed by atoms with E-state index in [0.29, 0.717) is 34.0 Å². The number of hydrogen-bond acceptors (Lipinski definition) is 6. The molecule has 152 valence electrons. The molecule has 0 fully saturated rings. The molecule has 0 bridgehead atoms. The van der Waals surface area contributed by atoms with Crippen LogP contribution in [0.15, 0.2) is 36.4 Å². The minimum absolute atomic E-state index is 0.125. The van der Waals surface area contributed by atoms with E-state index in [1.165, 1.54) is 10.9 Å². The van der Waals surface area contributed by atoms with E-state index in [-0.39, 0.29) is 12.2 Å². The predicted molar refractivity (Wildman–Crippen MR) is 110 cm³/mol. The highest BCUT2D eigenvalue weighted by atomic mass is 35.5. The highest BCUT2D eigenvalue weighted by Gasteiger charge is 2.13. The first-order valence-electron chi connectivity index (χ1n) is 9.14. The second-order valence-electron chi connectivity index (χ2n) is 6.38. The summed E-state index contributed by atoms with van der Waals surface area (Å²) in [6, 6.07) is 9.63. The van der Waals surface area contributed by atoms with Gasteiger partial charge in [-0.05, 0) is 36.8 Å². The number of phenolic OH excluding ortho intramolecular Hbond substituents is 1. The molecule has 0 atom stereocenters. The Morgan fingerprint density at radius 3 is 2.66 bits per heavy atom. The first kappa shape index (κ1) is 20.6. The first-order chi connectivity index (χ1) is 14.0. The topological polar surface area (TPSA) is 121 Å². The van der Waals surface area contributed by atoms with Crippen LogP contribution in [0.2, 0.25) is 5.02 Å². The highest BCUT2D eigenvalue weighted by Crippen LogP contribution is 2.26. The van der Waals surface area contributed by atoms with Crippen molar-refractivity contribution in [3.8, 4) is 11.4 Å². The summed E-state index contributed by atoms with van der Waals surface area (Å²) in [5.74, 6) is -1.06. The van der Waals surface area contributed by atoms with Crippen molar-refractivity contribution in [1.29, 1.82) is 0 Å². The number of aromatic nitrogens is 3. The zero-order valence-electron chi connectivity index (χ0n) is 15.8. The van der Waals surface area contributed by atoms with Crippen molar-refractivity contribution in [2.24, 2.45) is 0 Å². The minimum Gasteiger partial charge on any atom is -0.506 e. The molecule has 29 heavy (non-hydrogen) atoms. The quantitative estimate of drug-likeness (QED) is 0.254. The van der Waals surface area contributed by atoms with Gasteiger partial charge in [0.05, 0.1) is 0 Å². The summed E-state index contributed by atoms with van der Waals surface area (Å²) in [4.78, 5) is 25.0. The second kappa shape index (κ2) is 9.35. The molecule has 10 heteroatoms. The Bertz CT molecular complexity index is 1040. The molecule has 0 radical (unpaired) electrons. The molecule has 2 amide bonds. The fourth-order valence-corrected chi connectivity index (χ4v) is 2.75. The van der Waals surface area contributed by atoms with E-state index >= 15 is 0 Å². The number of aromatic hydroxyl groups is 1. The summed E-state index contributed by atoms with van der Waals surface area (Å²) < 4.78 is 0. The molecule has 2 aromatic carbocycles. The molecule has 9 nitrogen and oxygen atoms in total. The molecule has 0 aliphatic rings. The molecule has 1 aromatic heterocycles. The van der Waals surface area contributed by atoms with Crippen LogP contribution in [-0.2, 0) is 9.59 Å². The zero-order chi connectivity index (χ0) is 20.8. The maximum absolute atomic E-state index is 12.0. The van der Waals surface area contributed by atoms with Gasteiger partial charge >= 0.3 is 0 Å². The number of nitrogens with one attached hydrogen (secondary N) is 3. The molecule has 0 aliphatic carbocycles. The van der Waals surface area contributed by atoms with E-state index in [1.54, 1.807) is 30.3 Å². The van der Waals surface area contributed by atoms with Crippen molar-refractivity contribution >= 4 is 40.1 Å². The van der Waals surface area contributed by atoms with Gasteiger partial charge in [0, 0.05) is 23.3 Å². The molecule has 1 heterocycles. The Kier molecular flexibility index (Phi) is 6.63. The van der Waals surface area contributed by atoms with Crippen LogP contribution in [0.3, 0.4) is 0 Å². The molecule has 3 aromatic rings. The molecular formula is C19H21ClN6O3. The van der Waals surface area contributed by atoms with Gasteiger partial charge in [-0.15, -0.1) is 15.0 Å². The van der Waals surface area contributed by atoms with Crippen LogP contribution in [0.5, 0.6) is 5.75 Å². The van der Waals surface area contributed by atoms with Crippen molar-refractivity contribution in [3.05, 3.63) is 41.4 Å². The lowest BCUT2D eigenvalue weighted by atomic mass is 10.2. The molecule has 0 saturated carbocycles. The van der Waals surface area contributed by atoms with E-state index in [0.717, 1.165) is 12.8 Å². The second-order valence-corrected chi connectivity index (χ2v) is 6.82. The van der Waals surface area contributed by atoms with Gasteiger partial charge in [0.25, 0.3) is 0 Å². The average Bonchev–Trinajstić information content (AvgIpc) is 3.08. The number of amides is 2. The van der Waals surface area contributed by atoms with Crippen molar-refractivity contribution in [3.63, 3.8) is 0 Å². The molecule has 0 saturated heterocycles. The number of hydrogen-bond donors (Lipinski definition) is 4. The lowest BCUT2D eigenvalue weighted by molar-refractivity contribution is -0.127. The summed E-state index contributed by atoms with van der Waals surface area (Å²) >= 11 is 5.95. The van der Waals surface area contributed by atoms with Gasteiger partial charge in [0.1, 0.15) is 28.9 Å². The van der Waals surface area contributed by atoms with Crippen LogP contribution in [-0.4, -0.2) is 38.5 Å². The lowest BCUT2D eigenvalue weighted by Crippen LogP contribution is -2.39. The number of phenols is 1. The Morgan fingerprint density at radius 1 is 1.10 bits per heavy atom. The molecular weight excluding hydrogens is 396 g/mol. The Balaban J connectivity index is 1.63. The van der Waals surface area contributed by atoms with Crippen molar-refractivity contribution in [2.45, 2.75) is 26.2 Å². The maximum Gasteiger partial charge on any atom is 0.243 e. The lowest BCUT2D eigenvalue weighted by Gasteiger charge is -2.09. The molecule has 0 aliphatic heterocycles. The number of carbonyl (C=O) groups is 2. The van der Waals surface area contributed by atoms with Gasteiger partial charge in [-0.25, -0.2) is 5.43 Å². The summed E-state index contributed by atoms with van der Waals surface area (Å²) in [6.07, 6.45) is 1.58. The van der Waals surface area contributed by atoms with Crippen LogP contribution in [0, 0.1) is 0 Å². The Labute approximate surface area is 172 Å². The van der Waals surface area contributed by atoms with Crippen LogP contribution < -0.4 is 16.2 Å². The van der Waals surface area contributed by atoms with E-state index in [9.17, 15) is 14.7 Å². The molecule has 4 N–H and O–H groups in total. The van der Waals surface area contributed by atoms with Crippen molar-refractivity contribution < 1.29 is 14.7 Å². The number of unbranched alkanes of at least 4 members (excludes halogenated alkanes) is 1. The number of nitrogens with zero attached hydrogens (tertiary/aromatic N) is 3. The Hall–Kier alpha value is -3.17. The van der Waals surface area contributed by atoms with Gasteiger partial charge in [-0.1, -0.05) is 24.9 Å². The number of carbonyl (C=O) groups excluding carboxylic acids is 2. The average molecular weight is 417 g/mol. The summed E-state index contributed by atoms with van der Waals surface area (Å²) in [7, 11) is 0. The fraction of sp³-hybridized carbons (Fsp3) is 0.263. The van der Waals surface area contributed by atoms with E-state index in [2.05, 4.69) is 26.4 Å². The number of halogens is 1. The minimum atomic E-state index is -0.496. The summed E-state index contributed by atoms with van der Waals surface area (Å²) in [6.45, 7) is 2.68. The highest BCUT2D eigenvalue weighted by molar-refractivity contribution is 6.31. The van der Waals surface area contributed by atoms with E-state index in [1.807, 2.05) is 6.92 Å². The monoisotopic (exact) mass is 416 g/mol.